The highest BCUT2D eigenvalue weighted by Gasteiger charge is 2.26. The van der Waals surface area contributed by atoms with Crippen molar-refractivity contribution in [3.05, 3.63) is 89.0 Å². The second kappa shape index (κ2) is 9.61. The van der Waals surface area contributed by atoms with E-state index in [0.717, 1.165) is 35.3 Å². The first kappa shape index (κ1) is 22.0. The lowest BCUT2D eigenvalue weighted by Crippen LogP contribution is -2.18. The third kappa shape index (κ3) is 4.49. The fraction of sp³-hybridized carbons (Fsp3) is 0.200. The summed E-state index contributed by atoms with van der Waals surface area (Å²) in [7, 11) is 1.43. The third-order valence-corrected chi connectivity index (χ3v) is 6.20. The highest BCUT2D eigenvalue weighted by molar-refractivity contribution is 6.31. The van der Waals surface area contributed by atoms with Crippen LogP contribution in [0.5, 0.6) is 5.75 Å². The summed E-state index contributed by atoms with van der Waals surface area (Å²) in [6.07, 6.45) is 8.19. The van der Waals surface area contributed by atoms with Crippen LogP contribution in [0.25, 0.3) is 11.1 Å². The lowest BCUT2D eigenvalue weighted by Gasteiger charge is -2.13. The molecular weight excluding hydrogens is 455 g/mol. The largest absolute Gasteiger partial charge is 0.494 e. The number of aromatic nitrogens is 4. The normalized spacial score (nSPS) is 14.4. The molecule has 5 rings (SSSR count). The molecule has 0 aliphatic carbocycles. The quantitative estimate of drug-likeness (QED) is 0.391. The van der Waals surface area contributed by atoms with Gasteiger partial charge < -0.3 is 15.4 Å². The zero-order valence-corrected chi connectivity index (χ0v) is 19.2. The van der Waals surface area contributed by atoms with E-state index in [9.17, 15) is 4.39 Å². The lowest BCUT2D eigenvalue weighted by atomic mass is 9.99. The third-order valence-electron chi connectivity index (χ3n) is 5.84. The molecule has 2 N–H and O–H groups in total. The molecule has 0 radical (unpaired) electrons. The molecule has 0 spiro atoms. The van der Waals surface area contributed by atoms with E-state index < -0.39 is 5.82 Å². The van der Waals surface area contributed by atoms with E-state index in [-0.39, 0.29) is 18.3 Å². The van der Waals surface area contributed by atoms with Crippen LogP contribution < -0.4 is 15.4 Å². The molecule has 0 amide bonds. The predicted molar refractivity (Wildman–Crippen MR) is 130 cm³/mol. The topological polar surface area (TPSA) is 84.8 Å². The van der Waals surface area contributed by atoms with Gasteiger partial charge in [0, 0.05) is 53.1 Å². The number of hydrogen-bond donors (Lipinski definition) is 2. The minimum atomic E-state index is -0.479. The van der Waals surface area contributed by atoms with Gasteiger partial charge in [0.1, 0.15) is 24.3 Å². The summed E-state index contributed by atoms with van der Waals surface area (Å²) in [6.45, 7) is 0.178. The summed E-state index contributed by atoms with van der Waals surface area (Å²) in [4.78, 5) is 17.0. The number of nitrogens with one attached hydrogen (secondary N) is 2. The molecule has 2 aromatic carbocycles. The molecule has 0 saturated carbocycles. The Kier molecular flexibility index (Phi) is 6.22. The summed E-state index contributed by atoms with van der Waals surface area (Å²) in [5, 5.41) is 7.04. The van der Waals surface area contributed by atoms with Gasteiger partial charge in [0.15, 0.2) is 11.6 Å². The van der Waals surface area contributed by atoms with Crippen molar-refractivity contribution in [2.75, 3.05) is 17.7 Å². The van der Waals surface area contributed by atoms with E-state index in [1.54, 1.807) is 18.5 Å². The molecule has 2 aromatic heterocycles. The average Bonchev–Trinajstić information content (AvgIpc) is 3.28. The van der Waals surface area contributed by atoms with Crippen LogP contribution in [0, 0.1) is 5.82 Å². The molecule has 0 bridgehead atoms. The Hall–Kier alpha value is -3.78. The van der Waals surface area contributed by atoms with Crippen LogP contribution in [0.15, 0.2) is 61.4 Å². The zero-order valence-electron chi connectivity index (χ0n) is 18.4. The molecule has 1 aliphatic heterocycles. The number of nitrogens with zero attached hydrogens (tertiary/aromatic N) is 4. The fourth-order valence-corrected chi connectivity index (χ4v) is 4.39. The van der Waals surface area contributed by atoms with Crippen LogP contribution in [0.2, 0.25) is 5.02 Å². The Balaban J connectivity index is 1.30. The molecule has 34 heavy (non-hydrogen) atoms. The number of fused-ring (bicyclic) bond motifs is 1. The molecule has 1 unspecified atom stereocenters. The Morgan fingerprint density at radius 1 is 1.12 bits per heavy atom. The van der Waals surface area contributed by atoms with Crippen molar-refractivity contribution < 1.29 is 9.13 Å². The highest BCUT2D eigenvalue weighted by Crippen LogP contribution is 2.32. The van der Waals surface area contributed by atoms with E-state index in [1.807, 2.05) is 6.07 Å². The maximum absolute atomic E-state index is 14.7. The first-order chi connectivity index (χ1) is 16.6. The van der Waals surface area contributed by atoms with Crippen LogP contribution in [-0.4, -0.2) is 33.1 Å². The molecule has 1 aliphatic rings. The van der Waals surface area contributed by atoms with E-state index in [0.29, 0.717) is 16.4 Å². The molecule has 1 atom stereocenters. The molecular formula is C25H22ClFN6O. The van der Waals surface area contributed by atoms with Gasteiger partial charge in [0.05, 0.1) is 7.11 Å². The number of rotatable bonds is 7. The van der Waals surface area contributed by atoms with Crippen LogP contribution in [0.1, 0.15) is 16.7 Å². The minimum absolute atomic E-state index is 0.153. The summed E-state index contributed by atoms with van der Waals surface area (Å²) < 4.78 is 19.7. The zero-order chi connectivity index (χ0) is 23.5. The minimum Gasteiger partial charge on any atom is -0.494 e. The van der Waals surface area contributed by atoms with Crippen molar-refractivity contribution >= 4 is 23.2 Å². The monoisotopic (exact) mass is 476 g/mol. The van der Waals surface area contributed by atoms with Crippen molar-refractivity contribution in [3.63, 3.8) is 0 Å². The fourth-order valence-electron chi connectivity index (χ4n) is 4.17. The van der Waals surface area contributed by atoms with Crippen molar-refractivity contribution in [1.29, 1.82) is 0 Å². The van der Waals surface area contributed by atoms with Gasteiger partial charge in [-0.25, -0.2) is 24.3 Å². The smallest absolute Gasteiger partial charge is 0.171 e. The van der Waals surface area contributed by atoms with Crippen LogP contribution in [0.4, 0.5) is 16.0 Å². The summed E-state index contributed by atoms with van der Waals surface area (Å²) in [5.74, 6) is 1.12. The van der Waals surface area contributed by atoms with Gasteiger partial charge in [0.25, 0.3) is 0 Å². The lowest BCUT2D eigenvalue weighted by molar-refractivity contribution is 0.384. The molecule has 9 heteroatoms. The van der Waals surface area contributed by atoms with Crippen molar-refractivity contribution in [2.24, 2.45) is 0 Å². The van der Waals surface area contributed by atoms with E-state index in [1.165, 1.54) is 31.4 Å². The van der Waals surface area contributed by atoms with E-state index in [4.69, 9.17) is 16.3 Å². The number of anilines is 2. The first-order valence-corrected chi connectivity index (χ1v) is 11.2. The number of benzene rings is 2. The van der Waals surface area contributed by atoms with Crippen molar-refractivity contribution in [1.82, 2.24) is 19.9 Å². The SMILES string of the molecule is COc1ccc(Cl)c(CNc2ncnc3c2CC(Cc2cccc(-c4cncnc4)c2)N3)c1F. The first-order valence-electron chi connectivity index (χ1n) is 10.8. The number of hydrogen-bond acceptors (Lipinski definition) is 7. The second-order valence-electron chi connectivity index (χ2n) is 8.02. The molecule has 7 nitrogen and oxygen atoms in total. The maximum atomic E-state index is 14.7. The predicted octanol–water partition coefficient (Wildman–Crippen LogP) is 4.93. The van der Waals surface area contributed by atoms with E-state index >= 15 is 0 Å². The Morgan fingerprint density at radius 3 is 2.79 bits per heavy atom. The van der Waals surface area contributed by atoms with Gasteiger partial charge in [0.2, 0.25) is 0 Å². The summed E-state index contributed by atoms with van der Waals surface area (Å²) >= 11 is 6.22. The van der Waals surface area contributed by atoms with Gasteiger partial charge >= 0.3 is 0 Å². The second-order valence-corrected chi connectivity index (χ2v) is 8.43. The molecule has 0 fully saturated rings. The Labute approximate surface area is 201 Å². The van der Waals surface area contributed by atoms with E-state index in [2.05, 4.69) is 48.8 Å². The Morgan fingerprint density at radius 2 is 1.97 bits per heavy atom. The van der Waals surface area contributed by atoms with Crippen LogP contribution in [0.3, 0.4) is 0 Å². The molecule has 172 valence electrons. The van der Waals surface area contributed by atoms with Crippen LogP contribution >= 0.6 is 11.6 Å². The summed E-state index contributed by atoms with van der Waals surface area (Å²) in [5.41, 5.74) is 4.55. The van der Waals surface area contributed by atoms with Gasteiger partial charge in [-0.15, -0.1) is 0 Å². The van der Waals surface area contributed by atoms with Gasteiger partial charge in [-0.3, -0.25) is 0 Å². The molecule has 0 saturated heterocycles. The highest BCUT2D eigenvalue weighted by atomic mass is 35.5. The number of halogens is 2. The summed E-state index contributed by atoms with van der Waals surface area (Å²) in [6, 6.07) is 11.6. The maximum Gasteiger partial charge on any atom is 0.171 e. The average molecular weight is 477 g/mol. The standard InChI is InChI=1S/C25H22ClFN6O/c1-34-22-6-5-21(26)20(23(22)27)12-30-24-19-9-18(33-25(19)32-14-31-24)8-15-3-2-4-16(7-15)17-10-28-13-29-11-17/h2-7,10-11,13-14,18H,8-9,12H2,1H3,(H2,30,31,32,33). The van der Waals surface area contributed by atoms with Gasteiger partial charge in [-0.1, -0.05) is 35.9 Å². The molecule has 4 aromatic rings. The van der Waals surface area contributed by atoms with Crippen molar-refractivity contribution in [2.45, 2.75) is 25.4 Å². The Bertz CT molecular complexity index is 1320. The van der Waals surface area contributed by atoms with Crippen LogP contribution in [-0.2, 0) is 19.4 Å². The number of ether oxygens (including phenoxy) is 1. The van der Waals surface area contributed by atoms with Gasteiger partial charge in [-0.2, -0.15) is 0 Å². The molecule has 3 heterocycles. The van der Waals surface area contributed by atoms with Gasteiger partial charge in [-0.05, 0) is 29.7 Å². The number of methoxy groups -OCH3 is 1. The van der Waals surface area contributed by atoms with Crippen molar-refractivity contribution in [3.8, 4) is 16.9 Å².